The summed E-state index contributed by atoms with van der Waals surface area (Å²) < 4.78 is 13.5. The van der Waals surface area contributed by atoms with Crippen molar-refractivity contribution in [2.24, 2.45) is 11.8 Å². The molecule has 0 radical (unpaired) electrons. The SMILES string of the molecule is NNC(=O)C1CC=C(c2ncccc2F)CC1. The summed E-state index contributed by atoms with van der Waals surface area (Å²) in [5, 5.41) is 0. The molecule has 0 spiro atoms. The second kappa shape index (κ2) is 5.05. The molecule has 1 aliphatic rings. The fourth-order valence-electron chi connectivity index (χ4n) is 2.03. The van der Waals surface area contributed by atoms with Gasteiger partial charge in [-0.1, -0.05) is 6.08 Å². The second-order valence-corrected chi connectivity index (χ2v) is 4.04. The van der Waals surface area contributed by atoms with E-state index in [1.807, 2.05) is 6.08 Å². The number of halogens is 1. The number of carbonyl (C=O) groups is 1. The van der Waals surface area contributed by atoms with Gasteiger partial charge in [-0.15, -0.1) is 0 Å². The normalized spacial score (nSPS) is 19.6. The number of hydrazine groups is 1. The third kappa shape index (κ3) is 2.50. The summed E-state index contributed by atoms with van der Waals surface area (Å²) in [6, 6.07) is 2.95. The van der Waals surface area contributed by atoms with Gasteiger partial charge in [0.25, 0.3) is 0 Å². The summed E-state index contributed by atoms with van der Waals surface area (Å²) in [4.78, 5) is 15.3. The zero-order valence-corrected chi connectivity index (χ0v) is 9.32. The predicted octanol–water partition coefficient (Wildman–Crippen LogP) is 1.39. The monoisotopic (exact) mass is 235 g/mol. The first-order valence-corrected chi connectivity index (χ1v) is 5.52. The van der Waals surface area contributed by atoms with Gasteiger partial charge in [0.1, 0.15) is 11.5 Å². The molecule has 2 rings (SSSR count). The highest BCUT2D eigenvalue weighted by molar-refractivity contribution is 5.79. The lowest BCUT2D eigenvalue weighted by atomic mass is 9.87. The van der Waals surface area contributed by atoms with E-state index in [9.17, 15) is 9.18 Å². The van der Waals surface area contributed by atoms with Crippen LogP contribution in [0.5, 0.6) is 0 Å². The molecular weight excluding hydrogens is 221 g/mol. The van der Waals surface area contributed by atoms with E-state index in [-0.39, 0.29) is 17.6 Å². The van der Waals surface area contributed by atoms with E-state index in [0.29, 0.717) is 25.0 Å². The number of aromatic nitrogens is 1. The van der Waals surface area contributed by atoms with Crippen LogP contribution in [0.1, 0.15) is 25.0 Å². The van der Waals surface area contributed by atoms with Crippen LogP contribution in [0, 0.1) is 11.7 Å². The fraction of sp³-hybridized carbons (Fsp3) is 0.333. The van der Waals surface area contributed by atoms with E-state index in [0.717, 1.165) is 5.57 Å². The van der Waals surface area contributed by atoms with Crippen LogP contribution in [-0.4, -0.2) is 10.9 Å². The lowest BCUT2D eigenvalue weighted by Gasteiger charge is -2.20. The minimum absolute atomic E-state index is 0.115. The molecule has 1 aromatic rings. The first-order chi connectivity index (χ1) is 8.22. The van der Waals surface area contributed by atoms with E-state index >= 15 is 0 Å². The Morgan fingerprint density at radius 1 is 1.59 bits per heavy atom. The quantitative estimate of drug-likeness (QED) is 0.462. The number of nitrogens with two attached hydrogens (primary N) is 1. The van der Waals surface area contributed by atoms with Gasteiger partial charge in [-0.3, -0.25) is 15.2 Å². The van der Waals surface area contributed by atoms with Gasteiger partial charge >= 0.3 is 0 Å². The zero-order valence-electron chi connectivity index (χ0n) is 9.32. The van der Waals surface area contributed by atoms with E-state index < -0.39 is 0 Å². The first kappa shape index (κ1) is 11.7. The van der Waals surface area contributed by atoms with Crippen molar-refractivity contribution in [3.63, 3.8) is 0 Å². The molecule has 1 heterocycles. The van der Waals surface area contributed by atoms with Crippen molar-refractivity contribution in [2.75, 3.05) is 0 Å². The molecular formula is C12H14FN3O. The molecule has 3 N–H and O–H groups in total. The van der Waals surface area contributed by atoms with Crippen LogP contribution >= 0.6 is 0 Å². The van der Waals surface area contributed by atoms with Crippen molar-refractivity contribution in [1.29, 1.82) is 0 Å². The lowest BCUT2D eigenvalue weighted by Crippen LogP contribution is -2.36. The van der Waals surface area contributed by atoms with Crippen molar-refractivity contribution in [2.45, 2.75) is 19.3 Å². The zero-order chi connectivity index (χ0) is 12.3. The number of carbonyl (C=O) groups excluding carboxylic acids is 1. The van der Waals surface area contributed by atoms with Gasteiger partial charge in [-0.25, -0.2) is 10.2 Å². The van der Waals surface area contributed by atoms with Crippen LogP contribution in [0.15, 0.2) is 24.4 Å². The van der Waals surface area contributed by atoms with Gasteiger partial charge in [0.05, 0.1) is 0 Å². The Kier molecular flexibility index (Phi) is 3.49. The van der Waals surface area contributed by atoms with Crippen LogP contribution in [-0.2, 0) is 4.79 Å². The molecule has 5 heteroatoms. The summed E-state index contributed by atoms with van der Waals surface area (Å²) in [6.07, 6.45) is 5.33. The lowest BCUT2D eigenvalue weighted by molar-refractivity contribution is -0.125. The van der Waals surface area contributed by atoms with E-state index in [2.05, 4.69) is 10.4 Å². The van der Waals surface area contributed by atoms with Crippen molar-refractivity contribution in [3.05, 3.63) is 35.9 Å². The van der Waals surface area contributed by atoms with E-state index in [1.165, 1.54) is 6.07 Å². The van der Waals surface area contributed by atoms with Gasteiger partial charge in [-0.05, 0) is 37.0 Å². The molecule has 0 bridgehead atoms. The summed E-state index contributed by atoms with van der Waals surface area (Å²) in [6.45, 7) is 0. The number of nitrogens with one attached hydrogen (secondary N) is 1. The molecule has 17 heavy (non-hydrogen) atoms. The highest BCUT2D eigenvalue weighted by atomic mass is 19.1. The Morgan fingerprint density at radius 3 is 3.00 bits per heavy atom. The number of hydrogen-bond acceptors (Lipinski definition) is 3. The Bertz CT molecular complexity index is 459. The Morgan fingerprint density at radius 2 is 2.41 bits per heavy atom. The third-order valence-electron chi connectivity index (χ3n) is 2.99. The smallest absolute Gasteiger partial charge is 0.237 e. The van der Waals surface area contributed by atoms with Crippen LogP contribution in [0.25, 0.3) is 5.57 Å². The van der Waals surface area contributed by atoms with Crippen LogP contribution in [0.4, 0.5) is 4.39 Å². The summed E-state index contributed by atoms with van der Waals surface area (Å²) in [5.74, 6) is 4.48. The van der Waals surface area contributed by atoms with Crippen molar-refractivity contribution in [3.8, 4) is 0 Å². The summed E-state index contributed by atoms with van der Waals surface area (Å²) >= 11 is 0. The first-order valence-electron chi connectivity index (χ1n) is 5.52. The molecule has 0 saturated carbocycles. The Hall–Kier alpha value is -1.75. The van der Waals surface area contributed by atoms with E-state index in [4.69, 9.17) is 5.84 Å². The van der Waals surface area contributed by atoms with Gasteiger partial charge < -0.3 is 0 Å². The average Bonchev–Trinajstić information content (AvgIpc) is 2.39. The largest absolute Gasteiger partial charge is 0.294 e. The molecule has 1 amide bonds. The maximum atomic E-state index is 13.5. The molecule has 90 valence electrons. The number of allylic oxidation sites excluding steroid dienone is 2. The minimum Gasteiger partial charge on any atom is -0.294 e. The van der Waals surface area contributed by atoms with Gasteiger partial charge in [0.2, 0.25) is 5.91 Å². The standard InChI is InChI=1S/C12H14FN3O/c13-10-2-1-7-15-11(10)8-3-5-9(6-4-8)12(17)16-14/h1-3,7,9H,4-6,14H2,(H,16,17). The predicted molar refractivity (Wildman–Crippen MR) is 61.8 cm³/mol. The maximum absolute atomic E-state index is 13.5. The number of rotatable bonds is 2. The topological polar surface area (TPSA) is 68.0 Å². The summed E-state index contributed by atoms with van der Waals surface area (Å²) in [5.41, 5.74) is 3.40. The molecule has 0 fully saturated rings. The molecule has 0 aromatic carbocycles. The molecule has 0 saturated heterocycles. The van der Waals surface area contributed by atoms with Crippen molar-refractivity contribution < 1.29 is 9.18 Å². The highest BCUT2D eigenvalue weighted by Crippen LogP contribution is 2.30. The molecule has 0 aliphatic heterocycles. The number of hydrogen-bond donors (Lipinski definition) is 2. The summed E-state index contributed by atoms with van der Waals surface area (Å²) in [7, 11) is 0. The Labute approximate surface area is 98.7 Å². The van der Waals surface area contributed by atoms with Crippen LogP contribution < -0.4 is 11.3 Å². The Balaban J connectivity index is 2.14. The van der Waals surface area contributed by atoms with Crippen LogP contribution in [0.2, 0.25) is 0 Å². The second-order valence-electron chi connectivity index (χ2n) is 4.04. The van der Waals surface area contributed by atoms with Crippen molar-refractivity contribution in [1.82, 2.24) is 10.4 Å². The number of pyridine rings is 1. The average molecular weight is 235 g/mol. The fourth-order valence-corrected chi connectivity index (χ4v) is 2.03. The van der Waals surface area contributed by atoms with Gasteiger partial charge in [0, 0.05) is 12.1 Å². The molecule has 1 atom stereocenters. The molecule has 4 nitrogen and oxygen atoms in total. The van der Waals surface area contributed by atoms with E-state index in [1.54, 1.807) is 12.3 Å². The molecule has 1 aliphatic carbocycles. The molecule has 1 unspecified atom stereocenters. The minimum atomic E-state index is -0.319. The van der Waals surface area contributed by atoms with Crippen molar-refractivity contribution >= 4 is 11.5 Å². The molecule has 1 aromatic heterocycles. The third-order valence-corrected chi connectivity index (χ3v) is 2.99. The maximum Gasteiger partial charge on any atom is 0.237 e. The van der Waals surface area contributed by atoms with Crippen LogP contribution in [0.3, 0.4) is 0 Å². The number of amides is 1. The van der Waals surface area contributed by atoms with Gasteiger partial charge in [-0.2, -0.15) is 0 Å². The van der Waals surface area contributed by atoms with Gasteiger partial charge in [0.15, 0.2) is 0 Å². The highest BCUT2D eigenvalue weighted by Gasteiger charge is 2.22. The number of nitrogens with zero attached hydrogens (tertiary/aromatic N) is 1.